The lowest BCUT2D eigenvalue weighted by Crippen LogP contribution is -2.32. The van der Waals surface area contributed by atoms with E-state index in [0.29, 0.717) is 12.2 Å². The fraction of sp³-hybridized carbons (Fsp3) is 0.312. The standard InChI is InChI=1S/C16H18BrN3O/c1-19-14(11-2-4-12(17)5-3-11)6-7-15(19)16(21)20-9-8-13(18)10-20/h2-7,13H,8-10,18H2,1H3/t13-/m1/s1. The summed E-state index contributed by atoms with van der Waals surface area (Å²) in [6.45, 7) is 1.40. The van der Waals surface area contributed by atoms with Crippen molar-refractivity contribution in [3.05, 3.63) is 46.6 Å². The molecule has 2 aromatic rings. The van der Waals surface area contributed by atoms with Crippen LogP contribution in [-0.2, 0) is 7.05 Å². The predicted octanol–water partition coefficient (Wildman–Crippen LogP) is 2.63. The van der Waals surface area contributed by atoms with Crippen LogP contribution in [0.3, 0.4) is 0 Å². The quantitative estimate of drug-likeness (QED) is 0.907. The number of nitrogens with two attached hydrogens (primary N) is 1. The second-order valence-electron chi connectivity index (χ2n) is 5.47. The van der Waals surface area contributed by atoms with Crippen LogP contribution < -0.4 is 5.73 Å². The first kappa shape index (κ1) is 14.4. The first-order valence-electron chi connectivity index (χ1n) is 7.03. The summed E-state index contributed by atoms with van der Waals surface area (Å²) in [6.07, 6.45) is 0.885. The van der Waals surface area contributed by atoms with Crippen molar-refractivity contribution < 1.29 is 4.79 Å². The number of carbonyl (C=O) groups is 1. The molecule has 0 aliphatic carbocycles. The molecule has 3 rings (SSSR count). The van der Waals surface area contributed by atoms with Crippen molar-refractivity contribution in [3.63, 3.8) is 0 Å². The molecule has 0 unspecified atom stereocenters. The van der Waals surface area contributed by atoms with Crippen molar-refractivity contribution in [2.45, 2.75) is 12.5 Å². The van der Waals surface area contributed by atoms with Crippen LogP contribution in [0.5, 0.6) is 0 Å². The number of aromatic nitrogens is 1. The van der Waals surface area contributed by atoms with Gasteiger partial charge in [-0.15, -0.1) is 0 Å². The van der Waals surface area contributed by atoms with Crippen molar-refractivity contribution in [2.24, 2.45) is 12.8 Å². The second-order valence-corrected chi connectivity index (χ2v) is 6.39. The van der Waals surface area contributed by atoms with Gasteiger partial charge < -0.3 is 15.2 Å². The summed E-state index contributed by atoms with van der Waals surface area (Å²) in [7, 11) is 1.93. The Balaban J connectivity index is 1.88. The predicted molar refractivity (Wildman–Crippen MR) is 87.0 cm³/mol. The van der Waals surface area contributed by atoms with Crippen LogP contribution in [0.15, 0.2) is 40.9 Å². The normalized spacial score (nSPS) is 18.2. The highest BCUT2D eigenvalue weighted by atomic mass is 79.9. The van der Waals surface area contributed by atoms with Crippen LogP contribution >= 0.6 is 15.9 Å². The molecule has 1 fully saturated rings. The minimum atomic E-state index is 0.0637. The number of hydrogen-bond donors (Lipinski definition) is 1. The summed E-state index contributed by atoms with van der Waals surface area (Å²) < 4.78 is 3.00. The van der Waals surface area contributed by atoms with Gasteiger partial charge in [-0.2, -0.15) is 0 Å². The van der Waals surface area contributed by atoms with Crippen molar-refractivity contribution in [1.29, 1.82) is 0 Å². The molecule has 0 bridgehead atoms. The van der Waals surface area contributed by atoms with E-state index < -0.39 is 0 Å². The Bertz CT molecular complexity index is 663. The number of likely N-dealkylation sites (tertiary alicyclic amines) is 1. The Kier molecular flexibility index (Phi) is 3.87. The Morgan fingerprint density at radius 2 is 1.95 bits per heavy atom. The van der Waals surface area contributed by atoms with Gasteiger partial charge in [-0.05, 0) is 36.2 Å². The van der Waals surface area contributed by atoms with Gasteiger partial charge in [0.15, 0.2) is 0 Å². The molecule has 21 heavy (non-hydrogen) atoms. The SMILES string of the molecule is Cn1c(C(=O)N2CC[C@@H](N)C2)ccc1-c1ccc(Br)cc1. The summed E-state index contributed by atoms with van der Waals surface area (Å²) in [5.74, 6) is 0.0637. The molecule has 1 amide bonds. The maximum Gasteiger partial charge on any atom is 0.270 e. The maximum atomic E-state index is 12.6. The van der Waals surface area contributed by atoms with E-state index in [-0.39, 0.29) is 11.9 Å². The van der Waals surface area contributed by atoms with Crippen molar-refractivity contribution in [1.82, 2.24) is 9.47 Å². The van der Waals surface area contributed by atoms with Gasteiger partial charge in [0.1, 0.15) is 5.69 Å². The van der Waals surface area contributed by atoms with E-state index in [1.165, 1.54) is 0 Å². The van der Waals surface area contributed by atoms with E-state index in [0.717, 1.165) is 28.7 Å². The molecule has 4 nitrogen and oxygen atoms in total. The van der Waals surface area contributed by atoms with E-state index in [9.17, 15) is 4.79 Å². The first-order chi connectivity index (χ1) is 10.1. The summed E-state index contributed by atoms with van der Waals surface area (Å²) in [5.41, 5.74) is 8.73. The highest BCUT2D eigenvalue weighted by molar-refractivity contribution is 9.10. The molecule has 1 saturated heterocycles. The molecule has 0 spiro atoms. The summed E-state index contributed by atoms with van der Waals surface area (Å²) >= 11 is 3.44. The first-order valence-corrected chi connectivity index (χ1v) is 7.82. The molecule has 0 saturated carbocycles. The number of rotatable bonds is 2. The third-order valence-corrected chi connectivity index (χ3v) is 4.52. The van der Waals surface area contributed by atoms with Crippen molar-refractivity contribution >= 4 is 21.8 Å². The van der Waals surface area contributed by atoms with Crippen LogP contribution in [-0.4, -0.2) is 34.5 Å². The minimum Gasteiger partial charge on any atom is -0.340 e. The van der Waals surface area contributed by atoms with Gasteiger partial charge in [-0.1, -0.05) is 28.1 Å². The zero-order valence-corrected chi connectivity index (χ0v) is 13.5. The Morgan fingerprint density at radius 3 is 2.57 bits per heavy atom. The molecule has 5 heteroatoms. The van der Waals surface area contributed by atoms with E-state index in [1.807, 2.05) is 52.9 Å². The highest BCUT2D eigenvalue weighted by Crippen LogP contribution is 2.24. The largest absolute Gasteiger partial charge is 0.340 e. The van der Waals surface area contributed by atoms with Gasteiger partial charge in [-0.3, -0.25) is 4.79 Å². The lowest BCUT2D eigenvalue weighted by atomic mass is 10.1. The van der Waals surface area contributed by atoms with Gasteiger partial charge in [0, 0.05) is 36.3 Å². The lowest BCUT2D eigenvalue weighted by molar-refractivity contribution is 0.0781. The van der Waals surface area contributed by atoms with Crippen LogP contribution in [0.2, 0.25) is 0 Å². The third-order valence-electron chi connectivity index (χ3n) is 3.99. The van der Waals surface area contributed by atoms with Crippen LogP contribution in [0.1, 0.15) is 16.9 Å². The number of carbonyl (C=O) groups excluding carboxylic acids is 1. The zero-order chi connectivity index (χ0) is 15.0. The van der Waals surface area contributed by atoms with E-state index in [1.54, 1.807) is 0 Å². The Hall–Kier alpha value is -1.59. The van der Waals surface area contributed by atoms with E-state index >= 15 is 0 Å². The monoisotopic (exact) mass is 347 g/mol. The molecule has 1 aliphatic heterocycles. The van der Waals surface area contributed by atoms with Gasteiger partial charge in [-0.25, -0.2) is 0 Å². The molecule has 2 heterocycles. The van der Waals surface area contributed by atoms with Gasteiger partial charge in [0.25, 0.3) is 5.91 Å². The summed E-state index contributed by atoms with van der Waals surface area (Å²) in [5, 5.41) is 0. The molecule has 1 atom stereocenters. The number of amides is 1. The smallest absolute Gasteiger partial charge is 0.270 e. The topological polar surface area (TPSA) is 51.3 Å². The number of halogens is 1. The fourth-order valence-electron chi connectivity index (χ4n) is 2.77. The minimum absolute atomic E-state index is 0.0637. The van der Waals surface area contributed by atoms with E-state index in [2.05, 4.69) is 15.9 Å². The van der Waals surface area contributed by atoms with E-state index in [4.69, 9.17) is 5.73 Å². The number of benzene rings is 1. The zero-order valence-electron chi connectivity index (χ0n) is 11.9. The average Bonchev–Trinajstić information content (AvgIpc) is 3.06. The third kappa shape index (κ3) is 2.76. The van der Waals surface area contributed by atoms with Crippen LogP contribution in [0.4, 0.5) is 0 Å². The Labute approximate surface area is 132 Å². The number of hydrogen-bond acceptors (Lipinski definition) is 2. The molecule has 2 N–H and O–H groups in total. The van der Waals surface area contributed by atoms with Crippen molar-refractivity contribution in [3.8, 4) is 11.3 Å². The summed E-state index contributed by atoms with van der Waals surface area (Å²) in [4.78, 5) is 14.4. The molecular weight excluding hydrogens is 330 g/mol. The second kappa shape index (κ2) is 5.66. The highest BCUT2D eigenvalue weighted by Gasteiger charge is 2.26. The number of nitrogens with zero attached hydrogens (tertiary/aromatic N) is 2. The molecule has 1 aromatic carbocycles. The van der Waals surface area contributed by atoms with Crippen LogP contribution in [0, 0.1) is 0 Å². The Morgan fingerprint density at radius 1 is 1.24 bits per heavy atom. The lowest BCUT2D eigenvalue weighted by Gasteiger charge is -2.16. The maximum absolute atomic E-state index is 12.6. The summed E-state index contributed by atoms with van der Waals surface area (Å²) in [6, 6.07) is 12.1. The van der Waals surface area contributed by atoms with Crippen molar-refractivity contribution in [2.75, 3.05) is 13.1 Å². The fourth-order valence-corrected chi connectivity index (χ4v) is 3.03. The molecule has 1 aromatic heterocycles. The van der Waals surface area contributed by atoms with Crippen LogP contribution in [0.25, 0.3) is 11.3 Å². The molecule has 0 radical (unpaired) electrons. The van der Waals surface area contributed by atoms with Gasteiger partial charge in [0.2, 0.25) is 0 Å². The van der Waals surface area contributed by atoms with Gasteiger partial charge in [0.05, 0.1) is 0 Å². The van der Waals surface area contributed by atoms with Gasteiger partial charge >= 0.3 is 0 Å². The molecule has 110 valence electrons. The molecule has 1 aliphatic rings. The molecular formula is C16H18BrN3O. The average molecular weight is 348 g/mol.